The molecule has 0 atom stereocenters. The van der Waals surface area contributed by atoms with Crippen molar-refractivity contribution in [3.63, 3.8) is 0 Å². The van der Waals surface area contributed by atoms with E-state index >= 15 is 0 Å². The number of quaternary nitrogens is 1. The molecule has 1 amide bonds. The van der Waals surface area contributed by atoms with Crippen molar-refractivity contribution >= 4 is 6.09 Å². The number of nitrogens with zero attached hydrogens (tertiary/aromatic N) is 1. The van der Waals surface area contributed by atoms with Crippen LogP contribution in [0.25, 0.3) is 0 Å². The van der Waals surface area contributed by atoms with Gasteiger partial charge in [0.15, 0.2) is 0 Å². The summed E-state index contributed by atoms with van der Waals surface area (Å²) in [6, 6.07) is 0. The van der Waals surface area contributed by atoms with Gasteiger partial charge in [0, 0.05) is 38.6 Å². The van der Waals surface area contributed by atoms with Crippen molar-refractivity contribution in [1.82, 2.24) is 5.32 Å². The maximum absolute atomic E-state index is 12.4. The minimum Gasteiger partial charge on any atom is -1.00 e. The Morgan fingerprint density at radius 3 is 1.74 bits per heavy atom. The van der Waals surface area contributed by atoms with Gasteiger partial charge in [-0.25, -0.2) is 4.79 Å². The number of halogens is 1. The largest absolute Gasteiger partial charge is 1.00 e. The third kappa shape index (κ3) is 10.0. The number of carbonyl (C=O) groups excluding carboxylic acids is 1. The number of alkyl carbamates (subject to hydrolysis) is 1. The zero-order chi connectivity index (χ0) is 27.0. The first-order valence-electron chi connectivity index (χ1n) is 15.0. The summed E-state index contributed by atoms with van der Waals surface area (Å²) in [4.78, 5) is 35.8. The van der Waals surface area contributed by atoms with Crippen LogP contribution in [0.2, 0.25) is 0 Å². The molecular formula is C29H55IN2O6. The van der Waals surface area contributed by atoms with Crippen LogP contribution >= 0.6 is 0 Å². The lowest BCUT2D eigenvalue weighted by molar-refractivity contribution is -0.910. The number of hydrogen-bond donors (Lipinski definition) is 1. The molecule has 1 N–H and O–H groups in total. The van der Waals surface area contributed by atoms with Crippen LogP contribution in [0.1, 0.15) is 118 Å². The minimum absolute atomic E-state index is 0. The maximum atomic E-state index is 12.4. The molecule has 0 aromatic heterocycles. The minimum atomic E-state index is -0.901. The standard InChI is InChI=1S/C29H54N2O6.HI/c1-7-9-21-31(6,22-10-8-2)23-11-20-30-26(32)33-25-14-18-29(19-15-25)36-34-28(35-37-29)16-12-24(13-17-28)27(3,4)5;/h24-25H,7-23H2,1-6H3;1H. The highest BCUT2D eigenvalue weighted by molar-refractivity contribution is 5.67. The maximum Gasteiger partial charge on any atom is 0.407 e. The number of nitrogens with one attached hydrogen (secondary N) is 1. The van der Waals surface area contributed by atoms with Crippen LogP contribution in [0.3, 0.4) is 0 Å². The first-order valence-corrected chi connectivity index (χ1v) is 15.0. The number of carbonyl (C=O) groups is 1. The van der Waals surface area contributed by atoms with Crippen LogP contribution in [-0.2, 0) is 24.3 Å². The Kier molecular flexibility index (Phi) is 13.6. The highest BCUT2D eigenvalue weighted by Gasteiger charge is 2.52. The van der Waals surface area contributed by atoms with Gasteiger partial charge in [0.25, 0.3) is 0 Å². The fourth-order valence-corrected chi connectivity index (χ4v) is 6.00. The van der Waals surface area contributed by atoms with Gasteiger partial charge < -0.3 is 38.5 Å². The van der Waals surface area contributed by atoms with Crippen LogP contribution in [0.15, 0.2) is 0 Å². The molecule has 2 saturated carbocycles. The van der Waals surface area contributed by atoms with E-state index in [0.29, 0.717) is 38.1 Å². The quantitative estimate of drug-likeness (QED) is 0.159. The van der Waals surface area contributed by atoms with Crippen LogP contribution in [0.4, 0.5) is 4.79 Å². The predicted molar refractivity (Wildman–Crippen MR) is 143 cm³/mol. The molecule has 3 rings (SSSR count). The van der Waals surface area contributed by atoms with E-state index in [1.54, 1.807) is 0 Å². The number of rotatable bonds is 11. The van der Waals surface area contributed by atoms with Crippen molar-refractivity contribution in [3.8, 4) is 0 Å². The number of amides is 1. The number of hydrogen-bond acceptors (Lipinski definition) is 6. The molecular weight excluding hydrogens is 599 g/mol. The van der Waals surface area contributed by atoms with E-state index in [1.165, 1.54) is 38.8 Å². The summed E-state index contributed by atoms with van der Waals surface area (Å²) < 4.78 is 6.78. The lowest BCUT2D eigenvalue weighted by atomic mass is 9.71. The Balaban J connectivity index is 0.00000507. The normalized spacial score (nSPS) is 30.2. The first kappa shape index (κ1) is 34.0. The molecule has 9 heteroatoms. The van der Waals surface area contributed by atoms with Crippen molar-refractivity contribution in [2.75, 3.05) is 33.2 Å². The summed E-state index contributed by atoms with van der Waals surface area (Å²) in [6.07, 6.45) is 11.5. The second kappa shape index (κ2) is 15.1. The van der Waals surface area contributed by atoms with Gasteiger partial charge in [-0.1, -0.05) is 47.5 Å². The third-order valence-corrected chi connectivity index (χ3v) is 8.88. The van der Waals surface area contributed by atoms with Crippen LogP contribution in [0.5, 0.6) is 0 Å². The molecule has 0 unspecified atom stereocenters. The molecule has 38 heavy (non-hydrogen) atoms. The van der Waals surface area contributed by atoms with Gasteiger partial charge in [0.1, 0.15) is 6.10 Å². The lowest BCUT2D eigenvalue weighted by Crippen LogP contribution is -3.00. The molecule has 8 nitrogen and oxygen atoms in total. The van der Waals surface area contributed by atoms with E-state index in [9.17, 15) is 4.79 Å². The average molecular weight is 655 g/mol. The van der Waals surface area contributed by atoms with Crippen molar-refractivity contribution in [2.45, 2.75) is 136 Å². The van der Waals surface area contributed by atoms with Crippen molar-refractivity contribution in [2.24, 2.45) is 11.3 Å². The molecule has 2 aliphatic carbocycles. The van der Waals surface area contributed by atoms with E-state index in [-0.39, 0.29) is 41.6 Å². The second-order valence-electron chi connectivity index (χ2n) is 13.2. The van der Waals surface area contributed by atoms with E-state index in [2.05, 4.69) is 47.0 Å². The van der Waals surface area contributed by atoms with Gasteiger partial charge in [-0.05, 0) is 49.9 Å². The molecule has 3 fully saturated rings. The highest BCUT2D eigenvalue weighted by atomic mass is 127. The van der Waals surface area contributed by atoms with Gasteiger partial charge in [0.2, 0.25) is 11.6 Å². The molecule has 1 saturated heterocycles. The zero-order valence-corrected chi connectivity index (χ0v) is 27.1. The summed E-state index contributed by atoms with van der Waals surface area (Å²) in [5.41, 5.74) is 0.285. The Labute approximate surface area is 248 Å². The fourth-order valence-electron chi connectivity index (χ4n) is 6.00. The number of unbranched alkanes of at least 4 members (excludes halogenated alkanes) is 2. The molecule has 1 aliphatic heterocycles. The second-order valence-corrected chi connectivity index (χ2v) is 13.2. The van der Waals surface area contributed by atoms with Crippen LogP contribution < -0.4 is 29.3 Å². The van der Waals surface area contributed by atoms with Gasteiger partial charge in [-0.2, -0.15) is 19.6 Å². The molecule has 0 radical (unpaired) electrons. The molecule has 0 aromatic carbocycles. The topological polar surface area (TPSA) is 75.3 Å². The monoisotopic (exact) mass is 654 g/mol. The Bertz CT molecular complexity index is 680. The van der Waals surface area contributed by atoms with E-state index in [1.807, 2.05) is 0 Å². The SMILES string of the molecule is CCCC[N+](C)(CCCC)CCCNC(=O)OC1CCC2(CC1)OOC1(CCC(C(C)(C)C)CC1)OO2.[I-]. The van der Waals surface area contributed by atoms with Crippen molar-refractivity contribution in [1.29, 1.82) is 0 Å². The fraction of sp³-hybridized carbons (Fsp3) is 0.966. The molecule has 224 valence electrons. The summed E-state index contributed by atoms with van der Waals surface area (Å²) in [5, 5.41) is 2.96. The summed E-state index contributed by atoms with van der Waals surface area (Å²) in [5.74, 6) is -1.05. The molecule has 1 heterocycles. The van der Waals surface area contributed by atoms with E-state index < -0.39 is 11.6 Å². The molecule has 3 aliphatic rings. The smallest absolute Gasteiger partial charge is 0.407 e. The van der Waals surface area contributed by atoms with Gasteiger partial charge in [-0.15, -0.1) is 0 Å². The number of ether oxygens (including phenoxy) is 1. The lowest BCUT2D eigenvalue weighted by Gasteiger charge is -2.48. The van der Waals surface area contributed by atoms with Crippen molar-refractivity contribution in [3.05, 3.63) is 0 Å². The molecule has 0 aromatic rings. The first-order chi connectivity index (χ1) is 17.5. The van der Waals surface area contributed by atoms with Crippen molar-refractivity contribution < 1.29 is 57.5 Å². The van der Waals surface area contributed by atoms with Crippen LogP contribution in [0, 0.1) is 11.3 Å². The van der Waals surface area contributed by atoms with Gasteiger partial charge in [0.05, 0.1) is 26.7 Å². The summed E-state index contributed by atoms with van der Waals surface area (Å²) in [6.45, 7) is 15.5. The van der Waals surface area contributed by atoms with Crippen LogP contribution in [-0.4, -0.2) is 61.5 Å². The Hall–Kier alpha value is -0.200. The Morgan fingerprint density at radius 1 is 0.842 bits per heavy atom. The third-order valence-electron chi connectivity index (χ3n) is 8.88. The van der Waals surface area contributed by atoms with E-state index in [0.717, 1.165) is 43.1 Å². The van der Waals surface area contributed by atoms with Gasteiger partial charge >= 0.3 is 6.09 Å². The highest BCUT2D eigenvalue weighted by Crippen LogP contribution is 2.48. The summed E-state index contributed by atoms with van der Waals surface area (Å²) >= 11 is 0. The average Bonchev–Trinajstić information content (AvgIpc) is 2.88. The zero-order valence-electron chi connectivity index (χ0n) is 25.0. The summed E-state index contributed by atoms with van der Waals surface area (Å²) in [7, 11) is 2.35. The predicted octanol–water partition coefficient (Wildman–Crippen LogP) is 3.64. The Morgan fingerprint density at radius 2 is 1.29 bits per heavy atom. The molecule has 0 bridgehead atoms. The van der Waals surface area contributed by atoms with E-state index in [4.69, 9.17) is 24.3 Å². The van der Waals surface area contributed by atoms with Gasteiger partial charge in [-0.3, -0.25) is 0 Å². The molecule has 2 spiro atoms.